The molecule has 0 fully saturated rings. The maximum atomic E-state index is 5.72. The lowest BCUT2D eigenvalue weighted by Gasteiger charge is -2.15. The van der Waals surface area contributed by atoms with Crippen LogP contribution in [0.5, 0.6) is 0 Å². The molecule has 3 aromatic rings. The minimum atomic E-state index is 0.0577. The van der Waals surface area contributed by atoms with Crippen molar-refractivity contribution >= 4 is 5.52 Å². The molecule has 2 heterocycles. The van der Waals surface area contributed by atoms with Gasteiger partial charge in [-0.2, -0.15) is 5.10 Å². The summed E-state index contributed by atoms with van der Waals surface area (Å²) in [5, 5.41) is 4.35. The highest BCUT2D eigenvalue weighted by Gasteiger charge is 2.15. The number of hydrogen-bond donors (Lipinski definition) is 2. The third-order valence-electron chi connectivity index (χ3n) is 3.32. The normalized spacial score (nSPS) is 12.7. The number of benzene rings is 1. The Morgan fingerprint density at radius 2 is 1.89 bits per heavy atom. The molecule has 0 saturated carbocycles. The highest BCUT2D eigenvalue weighted by Crippen LogP contribution is 2.21. The third kappa shape index (κ3) is 2.36. The monoisotopic (exact) mass is 252 g/mol. The molecule has 19 heavy (non-hydrogen) atoms. The molecule has 0 bridgehead atoms. The van der Waals surface area contributed by atoms with Crippen molar-refractivity contribution in [1.82, 2.24) is 15.0 Å². The van der Waals surface area contributed by atoms with Gasteiger partial charge in [0.2, 0.25) is 0 Å². The van der Waals surface area contributed by atoms with Gasteiger partial charge in [-0.05, 0) is 24.1 Å². The van der Waals surface area contributed by atoms with Crippen molar-refractivity contribution < 1.29 is 0 Å². The van der Waals surface area contributed by atoms with Gasteiger partial charge in [-0.3, -0.25) is 11.3 Å². The number of nitrogens with zero attached hydrogens (tertiary/aromatic N) is 2. The first-order chi connectivity index (χ1) is 9.38. The fourth-order valence-corrected chi connectivity index (χ4v) is 2.33. The van der Waals surface area contributed by atoms with Crippen molar-refractivity contribution in [3.63, 3.8) is 0 Å². The summed E-state index contributed by atoms with van der Waals surface area (Å²) in [7, 11) is 0. The van der Waals surface area contributed by atoms with Crippen LogP contribution in [-0.4, -0.2) is 9.61 Å². The molecule has 1 atom stereocenters. The van der Waals surface area contributed by atoms with Crippen molar-refractivity contribution in [3.05, 3.63) is 72.1 Å². The van der Waals surface area contributed by atoms with Gasteiger partial charge in [0.25, 0.3) is 0 Å². The largest absolute Gasteiger partial charge is 0.271 e. The van der Waals surface area contributed by atoms with E-state index < -0.39 is 0 Å². The number of pyridine rings is 1. The van der Waals surface area contributed by atoms with Crippen molar-refractivity contribution in [1.29, 1.82) is 0 Å². The van der Waals surface area contributed by atoms with E-state index in [1.165, 1.54) is 5.56 Å². The van der Waals surface area contributed by atoms with Crippen LogP contribution in [0.2, 0.25) is 0 Å². The van der Waals surface area contributed by atoms with Gasteiger partial charge in [0.1, 0.15) is 0 Å². The summed E-state index contributed by atoms with van der Waals surface area (Å²) >= 11 is 0. The van der Waals surface area contributed by atoms with Crippen LogP contribution < -0.4 is 11.3 Å². The number of nitrogens with one attached hydrogen (secondary N) is 1. The van der Waals surface area contributed by atoms with Crippen LogP contribution in [0.4, 0.5) is 0 Å². The molecule has 0 aliphatic carbocycles. The topological polar surface area (TPSA) is 55.3 Å². The summed E-state index contributed by atoms with van der Waals surface area (Å²) in [6, 6.07) is 16.4. The molecule has 96 valence electrons. The number of aromatic nitrogens is 2. The van der Waals surface area contributed by atoms with E-state index in [0.29, 0.717) is 0 Å². The van der Waals surface area contributed by atoms with E-state index in [1.807, 2.05) is 47.2 Å². The van der Waals surface area contributed by atoms with Crippen LogP contribution in [0.1, 0.15) is 17.2 Å². The maximum Gasteiger partial charge on any atom is 0.0710 e. The average Bonchev–Trinajstić information content (AvgIpc) is 2.90. The second-order valence-electron chi connectivity index (χ2n) is 4.54. The molecule has 1 aromatic carbocycles. The molecule has 0 radical (unpaired) electrons. The first-order valence-electron chi connectivity index (χ1n) is 6.31. The van der Waals surface area contributed by atoms with Gasteiger partial charge in [-0.15, -0.1) is 0 Å². The molecule has 0 amide bonds. The molecular formula is C15H16N4. The molecule has 0 aliphatic heterocycles. The Kier molecular flexibility index (Phi) is 3.27. The first kappa shape index (κ1) is 11.9. The average molecular weight is 252 g/mol. The van der Waals surface area contributed by atoms with E-state index in [4.69, 9.17) is 5.84 Å². The first-order valence-corrected chi connectivity index (χ1v) is 6.31. The molecule has 1 unspecified atom stereocenters. The second kappa shape index (κ2) is 5.22. The van der Waals surface area contributed by atoms with Crippen LogP contribution >= 0.6 is 0 Å². The third-order valence-corrected chi connectivity index (χ3v) is 3.32. The Morgan fingerprint density at radius 1 is 1.11 bits per heavy atom. The van der Waals surface area contributed by atoms with Crippen molar-refractivity contribution in [2.45, 2.75) is 12.5 Å². The maximum absolute atomic E-state index is 5.72. The molecule has 0 aliphatic rings. The minimum Gasteiger partial charge on any atom is -0.271 e. The molecule has 0 saturated heterocycles. The van der Waals surface area contributed by atoms with Gasteiger partial charge in [-0.1, -0.05) is 36.4 Å². The van der Waals surface area contributed by atoms with Crippen LogP contribution in [0.3, 0.4) is 0 Å². The Morgan fingerprint density at radius 3 is 2.68 bits per heavy atom. The number of hydrazine groups is 1. The smallest absolute Gasteiger partial charge is 0.0710 e. The molecule has 4 nitrogen and oxygen atoms in total. The van der Waals surface area contributed by atoms with E-state index in [2.05, 4.69) is 28.7 Å². The van der Waals surface area contributed by atoms with Gasteiger partial charge < -0.3 is 0 Å². The van der Waals surface area contributed by atoms with Crippen LogP contribution in [0.15, 0.2) is 60.9 Å². The molecule has 0 spiro atoms. The number of rotatable bonds is 4. The molecule has 3 N–H and O–H groups in total. The van der Waals surface area contributed by atoms with Crippen LogP contribution in [0.25, 0.3) is 5.52 Å². The van der Waals surface area contributed by atoms with Crippen molar-refractivity contribution in [2.24, 2.45) is 5.84 Å². The molecule has 4 heteroatoms. The highest BCUT2D eigenvalue weighted by atomic mass is 15.3. The van der Waals surface area contributed by atoms with Crippen molar-refractivity contribution in [2.75, 3.05) is 0 Å². The number of fused-ring (bicyclic) bond motifs is 1. The Hall–Kier alpha value is -2.17. The summed E-state index contributed by atoms with van der Waals surface area (Å²) in [5.41, 5.74) is 6.34. The van der Waals surface area contributed by atoms with Gasteiger partial charge in [-0.25, -0.2) is 4.52 Å². The van der Waals surface area contributed by atoms with Crippen LogP contribution in [0, 0.1) is 0 Å². The zero-order valence-corrected chi connectivity index (χ0v) is 10.5. The second-order valence-corrected chi connectivity index (χ2v) is 4.54. The van der Waals surface area contributed by atoms with E-state index >= 15 is 0 Å². The number of nitrogens with two attached hydrogens (primary N) is 1. The fourth-order valence-electron chi connectivity index (χ4n) is 2.33. The summed E-state index contributed by atoms with van der Waals surface area (Å²) < 4.78 is 1.87. The van der Waals surface area contributed by atoms with Gasteiger partial charge in [0.15, 0.2) is 0 Å². The lowest BCUT2D eigenvalue weighted by molar-refractivity contribution is 0.555. The van der Waals surface area contributed by atoms with E-state index in [1.54, 1.807) is 0 Å². The summed E-state index contributed by atoms with van der Waals surface area (Å²) in [6.45, 7) is 0. The Balaban J connectivity index is 1.94. The highest BCUT2D eigenvalue weighted by molar-refractivity contribution is 5.55. The van der Waals surface area contributed by atoms with E-state index in [-0.39, 0.29) is 6.04 Å². The molecule has 3 rings (SSSR count). The molecule has 2 aromatic heterocycles. The van der Waals surface area contributed by atoms with Gasteiger partial charge >= 0.3 is 0 Å². The Labute approximate surface area is 111 Å². The van der Waals surface area contributed by atoms with Crippen molar-refractivity contribution in [3.8, 4) is 0 Å². The predicted octanol–water partition coefficient (Wildman–Crippen LogP) is 2.08. The fraction of sp³-hybridized carbons (Fsp3) is 0.133. The lowest BCUT2D eigenvalue weighted by Crippen LogP contribution is -2.29. The predicted molar refractivity (Wildman–Crippen MR) is 75.4 cm³/mol. The summed E-state index contributed by atoms with van der Waals surface area (Å²) in [6.07, 6.45) is 4.66. The lowest BCUT2D eigenvalue weighted by atomic mass is 10.0. The van der Waals surface area contributed by atoms with Crippen LogP contribution in [-0.2, 0) is 6.42 Å². The van der Waals surface area contributed by atoms with Gasteiger partial charge in [0, 0.05) is 11.8 Å². The summed E-state index contributed by atoms with van der Waals surface area (Å²) in [5.74, 6) is 5.72. The van der Waals surface area contributed by atoms with Gasteiger partial charge in [0.05, 0.1) is 17.8 Å². The quantitative estimate of drug-likeness (QED) is 0.552. The summed E-state index contributed by atoms with van der Waals surface area (Å²) in [4.78, 5) is 0. The zero-order valence-electron chi connectivity index (χ0n) is 10.5. The minimum absolute atomic E-state index is 0.0577. The van der Waals surface area contributed by atoms with E-state index in [0.717, 1.165) is 17.5 Å². The zero-order chi connectivity index (χ0) is 13.1. The molecular weight excluding hydrogens is 236 g/mol. The number of hydrogen-bond acceptors (Lipinski definition) is 3. The SMILES string of the molecule is NNC(Cc1ccccc1)c1cnn2ccccc12. The van der Waals surface area contributed by atoms with E-state index in [9.17, 15) is 0 Å². The Bertz CT molecular complexity index is 660. The standard InChI is InChI=1S/C15H16N4/c16-18-14(10-12-6-2-1-3-7-12)13-11-17-19-9-5-4-8-15(13)19/h1-9,11,14,18H,10,16H2.